The first kappa shape index (κ1) is 17.7. The Kier molecular flexibility index (Phi) is 4.99. The van der Waals surface area contributed by atoms with Gasteiger partial charge in [-0.2, -0.15) is 0 Å². The van der Waals surface area contributed by atoms with E-state index in [1.54, 1.807) is 18.2 Å². The quantitative estimate of drug-likeness (QED) is 0.642. The van der Waals surface area contributed by atoms with Gasteiger partial charge >= 0.3 is 0 Å². The van der Waals surface area contributed by atoms with E-state index in [0.717, 1.165) is 17.0 Å². The van der Waals surface area contributed by atoms with E-state index in [1.807, 2.05) is 25.1 Å². The Hall–Kier alpha value is -2.09. The van der Waals surface area contributed by atoms with Crippen LogP contribution < -0.4 is 10.0 Å². The van der Waals surface area contributed by atoms with Gasteiger partial charge in [0.15, 0.2) is 0 Å². The third-order valence-electron chi connectivity index (χ3n) is 3.61. The van der Waals surface area contributed by atoms with Gasteiger partial charge < -0.3 is 5.32 Å². The predicted octanol–water partition coefficient (Wildman–Crippen LogP) is 4.96. The van der Waals surface area contributed by atoms with Crippen LogP contribution in [-0.2, 0) is 10.0 Å². The highest BCUT2D eigenvalue weighted by molar-refractivity contribution is 7.94. The number of aromatic nitrogens is 1. The van der Waals surface area contributed by atoms with Crippen molar-refractivity contribution in [3.05, 3.63) is 64.1 Å². The largest absolute Gasteiger partial charge is 0.340 e. The molecule has 0 aliphatic carbocycles. The Bertz CT molecular complexity index is 999. The van der Waals surface area contributed by atoms with Crippen LogP contribution in [0.3, 0.4) is 0 Å². The molecule has 2 N–H and O–H groups in total. The minimum Gasteiger partial charge on any atom is -0.340 e. The van der Waals surface area contributed by atoms with Gasteiger partial charge in [-0.1, -0.05) is 17.7 Å². The van der Waals surface area contributed by atoms with Crippen LogP contribution in [0.15, 0.2) is 52.9 Å². The van der Waals surface area contributed by atoms with Crippen molar-refractivity contribution in [2.75, 3.05) is 10.0 Å². The molecule has 130 valence electrons. The summed E-state index contributed by atoms with van der Waals surface area (Å²) in [6, 6.07) is 12.4. The first-order valence-electron chi connectivity index (χ1n) is 7.42. The van der Waals surface area contributed by atoms with Crippen LogP contribution in [0.2, 0.25) is 4.34 Å². The summed E-state index contributed by atoms with van der Waals surface area (Å²) in [4.78, 5) is 4.25. The molecule has 0 saturated carbocycles. The summed E-state index contributed by atoms with van der Waals surface area (Å²) in [5, 5.41) is 3.19. The van der Waals surface area contributed by atoms with Crippen molar-refractivity contribution < 1.29 is 8.42 Å². The standard InChI is InChI=1S/C17H16ClN3O2S2/c1-11-3-4-13(9-12(11)2)20-16-7-5-14(10-19-16)21-25(22,23)17-8-6-15(18)24-17/h3-10,21H,1-2H3,(H,19,20). The van der Waals surface area contributed by atoms with Gasteiger partial charge in [0.1, 0.15) is 10.0 Å². The van der Waals surface area contributed by atoms with E-state index in [0.29, 0.717) is 15.8 Å². The molecule has 0 unspecified atom stereocenters. The first-order chi connectivity index (χ1) is 11.8. The van der Waals surface area contributed by atoms with E-state index in [4.69, 9.17) is 11.6 Å². The predicted molar refractivity (Wildman–Crippen MR) is 104 cm³/mol. The summed E-state index contributed by atoms with van der Waals surface area (Å²) in [6.45, 7) is 4.10. The normalized spacial score (nSPS) is 11.3. The molecule has 0 bridgehead atoms. The number of thiophene rings is 1. The fraction of sp³-hybridized carbons (Fsp3) is 0.118. The molecule has 0 saturated heterocycles. The highest BCUT2D eigenvalue weighted by Gasteiger charge is 2.16. The van der Waals surface area contributed by atoms with E-state index in [-0.39, 0.29) is 4.21 Å². The van der Waals surface area contributed by atoms with Gasteiger partial charge in [-0.25, -0.2) is 13.4 Å². The molecule has 0 amide bonds. The molecule has 0 aliphatic heterocycles. The van der Waals surface area contributed by atoms with Crippen LogP contribution in [-0.4, -0.2) is 13.4 Å². The van der Waals surface area contributed by atoms with Gasteiger partial charge in [0.05, 0.1) is 16.2 Å². The van der Waals surface area contributed by atoms with Crippen LogP contribution in [0.1, 0.15) is 11.1 Å². The van der Waals surface area contributed by atoms with Crippen LogP contribution in [0.4, 0.5) is 17.2 Å². The molecule has 1 aromatic carbocycles. The van der Waals surface area contributed by atoms with Crippen molar-refractivity contribution in [1.29, 1.82) is 0 Å². The smallest absolute Gasteiger partial charge is 0.271 e. The fourth-order valence-corrected chi connectivity index (χ4v) is 4.67. The summed E-state index contributed by atoms with van der Waals surface area (Å²) in [5.41, 5.74) is 3.72. The molecular formula is C17H16ClN3O2S2. The van der Waals surface area contributed by atoms with Gasteiger partial charge in [-0.15, -0.1) is 11.3 Å². The van der Waals surface area contributed by atoms with E-state index >= 15 is 0 Å². The number of rotatable bonds is 5. The Morgan fingerprint density at radius 1 is 1.00 bits per heavy atom. The second-order valence-electron chi connectivity index (χ2n) is 5.52. The van der Waals surface area contributed by atoms with E-state index in [2.05, 4.69) is 21.9 Å². The molecule has 3 rings (SSSR count). The fourth-order valence-electron chi connectivity index (χ4n) is 2.14. The SMILES string of the molecule is Cc1ccc(Nc2ccc(NS(=O)(=O)c3ccc(Cl)s3)cn2)cc1C. The molecule has 0 radical (unpaired) electrons. The summed E-state index contributed by atoms with van der Waals surface area (Å²) in [6.07, 6.45) is 1.47. The Morgan fingerprint density at radius 2 is 1.76 bits per heavy atom. The topological polar surface area (TPSA) is 71.1 Å². The maximum Gasteiger partial charge on any atom is 0.271 e. The highest BCUT2D eigenvalue weighted by Crippen LogP contribution is 2.27. The lowest BCUT2D eigenvalue weighted by Gasteiger charge is -2.09. The first-order valence-corrected chi connectivity index (χ1v) is 10.1. The number of pyridine rings is 1. The molecule has 8 heteroatoms. The van der Waals surface area contributed by atoms with Gasteiger partial charge in [-0.3, -0.25) is 4.72 Å². The second kappa shape index (κ2) is 7.03. The number of benzene rings is 1. The van der Waals surface area contributed by atoms with Gasteiger partial charge in [0.2, 0.25) is 0 Å². The van der Waals surface area contributed by atoms with Crippen molar-refractivity contribution >= 4 is 50.2 Å². The number of sulfonamides is 1. The maximum atomic E-state index is 12.3. The lowest BCUT2D eigenvalue weighted by molar-refractivity contribution is 0.603. The lowest BCUT2D eigenvalue weighted by atomic mass is 10.1. The number of hydrogen-bond acceptors (Lipinski definition) is 5. The average molecular weight is 394 g/mol. The highest BCUT2D eigenvalue weighted by atomic mass is 35.5. The minimum atomic E-state index is -3.65. The monoisotopic (exact) mass is 393 g/mol. The van der Waals surface area contributed by atoms with E-state index < -0.39 is 10.0 Å². The van der Waals surface area contributed by atoms with Crippen molar-refractivity contribution in [3.8, 4) is 0 Å². The summed E-state index contributed by atoms with van der Waals surface area (Å²) in [5.74, 6) is 0.630. The van der Waals surface area contributed by atoms with E-state index in [9.17, 15) is 8.42 Å². The van der Waals surface area contributed by atoms with Gasteiger partial charge in [0, 0.05) is 5.69 Å². The maximum absolute atomic E-state index is 12.3. The molecule has 2 heterocycles. The average Bonchev–Trinajstić information content (AvgIpc) is 3.00. The molecule has 25 heavy (non-hydrogen) atoms. The molecule has 5 nitrogen and oxygen atoms in total. The van der Waals surface area contributed by atoms with Crippen LogP contribution in [0, 0.1) is 13.8 Å². The second-order valence-corrected chi connectivity index (χ2v) is 9.14. The third-order valence-corrected chi connectivity index (χ3v) is 6.71. The lowest BCUT2D eigenvalue weighted by Crippen LogP contribution is -2.11. The molecule has 0 spiro atoms. The van der Waals surface area contributed by atoms with Crippen molar-refractivity contribution in [2.24, 2.45) is 0 Å². The number of nitrogens with one attached hydrogen (secondary N) is 2. The number of hydrogen-bond donors (Lipinski definition) is 2. The Labute approximate surface area is 155 Å². The van der Waals surface area contributed by atoms with E-state index in [1.165, 1.54) is 23.4 Å². The number of aryl methyl sites for hydroxylation is 2. The zero-order chi connectivity index (χ0) is 18.0. The number of anilines is 3. The summed E-state index contributed by atoms with van der Waals surface area (Å²) < 4.78 is 27.6. The Balaban J connectivity index is 1.72. The number of nitrogens with zero attached hydrogens (tertiary/aromatic N) is 1. The van der Waals surface area contributed by atoms with Crippen LogP contribution >= 0.6 is 22.9 Å². The molecule has 0 fully saturated rings. The number of halogens is 1. The zero-order valence-corrected chi connectivity index (χ0v) is 16.0. The van der Waals surface area contributed by atoms with Crippen molar-refractivity contribution in [2.45, 2.75) is 18.1 Å². The van der Waals surface area contributed by atoms with Crippen molar-refractivity contribution in [1.82, 2.24) is 4.98 Å². The third kappa shape index (κ3) is 4.31. The van der Waals surface area contributed by atoms with Crippen molar-refractivity contribution in [3.63, 3.8) is 0 Å². The zero-order valence-electron chi connectivity index (χ0n) is 13.6. The molecule has 0 aliphatic rings. The molecular weight excluding hydrogens is 378 g/mol. The summed E-state index contributed by atoms with van der Waals surface area (Å²) >= 11 is 6.80. The molecule has 3 aromatic rings. The van der Waals surface area contributed by atoms with Gasteiger partial charge in [0.25, 0.3) is 10.0 Å². The molecule has 0 atom stereocenters. The van der Waals surface area contributed by atoms with Crippen LogP contribution in [0.25, 0.3) is 0 Å². The summed E-state index contributed by atoms with van der Waals surface area (Å²) in [7, 11) is -3.65. The molecule has 2 aromatic heterocycles. The van der Waals surface area contributed by atoms with Crippen LogP contribution in [0.5, 0.6) is 0 Å². The van der Waals surface area contributed by atoms with Gasteiger partial charge in [-0.05, 0) is 61.4 Å². The Morgan fingerprint density at radius 3 is 2.36 bits per heavy atom. The minimum absolute atomic E-state index is 0.162.